The summed E-state index contributed by atoms with van der Waals surface area (Å²) in [5, 5.41) is 11.6. The van der Waals surface area contributed by atoms with Gasteiger partial charge in [-0.25, -0.2) is 0 Å². The predicted molar refractivity (Wildman–Crippen MR) is 62.5 cm³/mol. The molecule has 0 aliphatic heterocycles. The standard InChI is InChI=1S/C12H17NO3/c1-8(2)16-11-6-4-10(5-7-11)13-12(15)9(3)14/h4-9,14H,1-3H3,(H,13,15)/t9-/m1/s1. The molecule has 0 saturated carbocycles. The van der Waals surface area contributed by atoms with Gasteiger partial charge in [0, 0.05) is 5.69 Å². The highest BCUT2D eigenvalue weighted by molar-refractivity contribution is 5.93. The molecule has 1 aromatic rings. The number of aliphatic hydroxyl groups excluding tert-OH is 1. The fraction of sp³-hybridized carbons (Fsp3) is 0.417. The first kappa shape index (κ1) is 12.5. The molecule has 0 saturated heterocycles. The quantitative estimate of drug-likeness (QED) is 0.818. The van der Waals surface area contributed by atoms with Gasteiger partial charge in [0.1, 0.15) is 11.9 Å². The van der Waals surface area contributed by atoms with E-state index in [1.54, 1.807) is 24.3 Å². The zero-order valence-corrected chi connectivity index (χ0v) is 9.73. The Bertz CT molecular complexity index is 344. The summed E-state index contributed by atoms with van der Waals surface area (Å²) in [5.74, 6) is 0.336. The molecule has 2 N–H and O–H groups in total. The molecule has 1 atom stereocenters. The van der Waals surface area contributed by atoms with Crippen LogP contribution in [0.5, 0.6) is 5.75 Å². The lowest BCUT2D eigenvalue weighted by Gasteiger charge is -2.11. The van der Waals surface area contributed by atoms with Crippen molar-refractivity contribution >= 4 is 11.6 Å². The number of anilines is 1. The summed E-state index contributed by atoms with van der Waals surface area (Å²) in [4.78, 5) is 11.2. The third kappa shape index (κ3) is 3.90. The molecule has 0 radical (unpaired) electrons. The van der Waals surface area contributed by atoms with Gasteiger partial charge in [0.25, 0.3) is 5.91 Å². The minimum Gasteiger partial charge on any atom is -0.491 e. The van der Waals surface area contributed by atoms with Crippen LogP contribution in [0.15, 0.2) is 24.3 Å². The summed E-state index contributed by atoms with van der Waals surface area (Å²) in [7, 11) is 0. The van der Waals surface area contributed by atoms with Crippen molar-refractivity contribution in [2.75, 3.05) is 5.32 Å². The van der Waals surface area contributed by atoms with Crippen LogP contribution in [0.3, 0.4) is 0 Å². The molecular formula is C12H17NO3. The van der Waals surface area contributed by atoms with Crippen molar-refractivity contribution in [3.8, 4) is 5.75 Å². The normalized spacial score (nSPS) is 12.3. The lowest BCUT2D eigenvalue weighted by atomic mass is 10.3. The number of ether oxygens (including phenoxy) is 1. The molecular weight excluding hydrogens is 206 g/mol. The molecule has 0 aliphatic rings. The number of nitrogens with one attached hydrogen (secondary N) is 1. The maximum atomic E-state index is 11.2. The minimum atomic E-state index is -1.01. The van der Waals surface area contributed by atoms with Crippen LogP contribution >= 0.6 is 0 Å². The summed E-state index contributed by atoms with van der Waals surface area (Å²) in [5.41, 5.74) is 0.641. The maximum Gasteiger partial charge on any atom is 0.252 e. The molecule has 0 aromatic heterocycles. The molecule has 0 heterocycles. The zero-order chi connectivity index (χ0) is 12.1. The SMILES string of the molecule is CC(C)Oc1ccc(NC(=O)[C@@H](C)O)cc1. The molecule has 1 amide bonds. The number of benzene rings is 1. The smallest absolute Gasteiger partial charge is 0.252 e. The summed E-state index contributed by atoms with van der Waals surface area (Å²) in [6.45, 7) is 5.32. The largest absolute Gasteiger partial charge is 0.491 e. The number of amides is 1. The van der Waals surface area contributed by atoms with E-state index in [0.29, 0.717) is 5.69 Å². The van der Waals surface area contributed by atoms with Gasteiger partial charge < -0.3 is 15.2 Å². The Morgan fingerprint density at radius 1 is 1.25 bits per heavy atom. The van der Waals surface area contributed by atoms with Crippen LogP contribution in [0.25, 0.3) is 0 Å². The Labute approximate surface area is 95.2 Å². The van der Waals surface area contributed by atoms with Gasteiger partial charge in [-0.1, -0.05) is 0 Å². The second-order valence-electron chi connectivity index (χ2n) is 3.86. The lowest BCUT2D eigenvalue weighted by Crippen LogP contribution is -2.24. The second-order valence-corrected chi connectivity index (χ2v) is 3.86. The number of rotatable bonds is 4. The molecule has 0 spiro atoms. The Hall–Kier alpha value is -1.55. The highest BCUT2D eigenvalue weighted by Crippen LogP contribution is 2.16. The van der Waals surface area contributed by atoms with Gasteiger partial charge in [0.2, 0.25) is 0 Å². The first-order valence-corrected chi connectivity index (χ1v) is 5.24. The van der Waals surface area contributed by atoms with Crippen molar-refractivity contribution in [2.45, 2.75) is 33.0 Å². The fourth-order valence-corrected chi connectivity index (χ4v) is 1.14. The number of carbonyl (C=O) groups is 1. The average molecular weight is 223 g/mol. The monoisotopic (exact) mass is 223 g/mol. The van der Waals surface area contributed by atoms with E-state index in [1.165, 1.54) is 6.92 Å². The summed E-state index contributed by atoms with van der Waals surface area (Å²) in [6, 6.07) is 7.02. The van der Waals surface area contributed by atoms with E-state index in [1.807, 2.05) is 13.8 Å². The molecule has 16 heavy (non-hydrogen) atoms. The Balaban J connectivity index is 2.61. The Morgan fingerprint density at radius 2 is 1.81 bits per heavy atom. The van der Waals surface area contributed by atoms with Crippen LogP contribution < -0.4 is 10.1 Å². The van der Waals surface area contributed by atoms with Crippen LogP contribution in [0.2, 0.25) is 0 Å². The van der Waals surface area contributed by atoms with Gasteiger partial charge in [-0.15, -0.1) is 0 Å². The van der Waals surface area contributed by atoms with Gasteiger partial charge >= 0.3 is 0 Å². The number of aliphatic hydroxyl groups is 1. The predicted octanol–water partition coefficient (Wildman–Crippen LogP) is 1.79. The third-order valence-corrected chi connectivity index (χ3v) is 1.87. The first-order chi connectivity index (χ1) is 7.49. The number of hydrogen-bond donors (Lipinski definition) is 2. The maximum absolute atomic E-state index is 11.2. The second kappa shape index (κ2) is 5.51. The van der Waals surface area contributed by atoms with Crippen molar-refractivity contribution in [3.63, 3.8) is 0 Å². The first-order valence-electron chi connectivity index (χ1n) is 5.24. The van der Waals surface area contributed by atoms with E-state index in [2.05, 4.69) is 5.32 Å². The van der Waals surface area contributed by atoms with Crippen molar-refractivity contribution < 1.29 is 14.6 Å². The van der Waals surface area contributed by atoms with E-state index in [-0.39, 0.29) is 6.10 Å². The zero-order valence-electron chi connectivity index (χ0n) is 9.73. The number of hydrogen-bond acceptors (Lipinski definition) is 3. The molecule has 1 aromatic carbocycles. The molecule has 88 valence electrons. The minimum absolute atomic E-state index is 0.123. The third-order valence-electron chi connectivity index (χ3n) is 1.87. The van der Waals surface area contributed by atoms with Gasteiger partial charge in [-0.3, -0.25) is 4.79 Å². The molecule has 0 fully saturated rings. The Morgan fingerprint density at radius 3 is 2.25 bits per heavy atom. The Kier molecular flexibility index (Phi) is 4.31. The molecule has 0 unspecified atom stereocenters. The van der Waals surface area contributed by atoms with E-state index < -0.39 is 12.0 Å². The van der Waals surface area contributed by atoms with Gasteiger partial charge in [-0.05, 0) is 45.0 Å². The molecule has 0 bridgehead atoms. The van der Waals surface area contributed by atoms with Crippen molar-refractivity contribution in [3.05, 3.63) is 24.3 Å². The van der Waals surface area contributed by atoms with E-state index >= 15 is 0 Å². The van der Waals surface area contributed by atoms with Crippen molar-refractivity contribution in [1.29, 1.82) is 0 Å². The molecule has 1 rings (SSSR count). The highest BCUT2D eigenvalue weighted by Gasteiger charge is 2.08. The van der Waals surface area contributed by atoms with Crippen LogP contribution in [-0.4, -0.2) is 23.2 Å². The summed E-state index contributed by atoms with van der Waals surface area (Å²) < 4.78 is 5.46. The average Bonchev–Trinajstić information content (AvgIpc) is 2.20. The highest BCUT2D eigenvalue weighted by atomic mass is 16.5. The van der Waals surface area contributed by atoms with Crippen LogP contribution in [0.1, 0.15) is 20.8 Å². The number of carbonyl (C=O) groups excluding carboxylic acids is 1. The van der Waals surface area contributed by atoms with Crippen LogP contribution in [0.4, 0.5) is 5.69 Å². The van der Waals surface area contributed by atoms with E-state index in [9.17, 15) is 4.79 Å². The summed E-state index contributed by atoms with van der Waals surface area (Å²) in [6.07, 6.45) is -0.885. The van der Waals surface area contributed by atoms with Crippen molar-refractivity contribution in [1.82, 2.24) is 0 Å². The molecule has 4 heteroatoms. The molecule has 4 nitrogen and oxygen atoms in total. The molecule has 0 aliphatic carbocycles. The fourth-order valence-electron chi connectivity index (χ4n) is 1.14. The van der Waals surface area contributed by atoms with Crippen LogP contribution in [-0.2, 0) is 4.79 Å². The van der Waals surface area contributed by atoms with E-state index in [0.717, 1.165) is 5.75 Å². The lowest BCUT2D eigenvalue weighted by molar-refractivity contribution is -0.123. The van der Waals surface area contributed by atoms with Gasteiger partial charge in [0.05, 0.1) is 6.10 Å². The van der Waals surface area contributed by atoms with Gasteiger partial charge in [-0.2, -0.15) is 0 Å². The van der Waals surface area contributed by atoms with Gasteiger partial charge in [0.15, 0.2) is 0 Å². The van der Waals surface area contributed by atoms with E-state index in [4.69, 9.17) is 9.84 Å². The topological polar surface area (TPSA) is 58.6 Å². The summed E-state index contributed by atoms with van der Waals surface area (Å²) >= 11 is 0. The van der Waals surface area contributed by atoms with Crippen LogP contribution in [0, 0.1) is 0 Å². The van der Waals surface area contributed by atoms with Crippen molar-refractivity contribution in [2.24, 2.45) is 0 Å².